The molecule has 7 heteroatoms. The summed E-state index contributed by atoms with van der Waals surface area (Å²) < 4.78 is 16.1. The van der Waals surface area contributed by atoms with Crippen LogP contribution in [0.2, 0.25) is 0 Å². The van der Waals surface area contributed by atoms with Crippen LogP contribution in [0.1, 0.15) is 16.8 Å². The Bertz CT molecular complexity index is 617. The molecule has 0 bridgehead atoms. The predicted molar refractivity (Wildman–Crippen MR) is 94.8 cm³/mol. The maximum Gasteiger partial charge on any atom is 0.257 e. The summed E-state index contributed by atoms with van der Waals surface area (Å²) in [5, 5.41) is 3.37. The Morgan fingerprint density at radius 2 is 1.76 bits per heavy atom. The van der Waals surface area contributed by atoms with E-state index in [9.17, 15) is 4.79 Å². The van der Waals surface area contributed by atoms with Crippen LogP contribution >= 0.6 is 0 Å². The predicted octanol–water partition coefficient (Wildman–Crippen LogP) is 0.832. The summed E-state index contributed by atoms with van der Waals surface area (Å²) in [6, 6.07) is 3.94. The van der Waals surface area contributed by atoms with Crippen LogP contribution in [-0.2, 0) is 0 Å². The summed E-state index contributed by atoms with van der Waals surface area (Å²) in [4.78, 5) is 17.4. The van der Waals surface area contributed by atoms with Crippen molar-refractivity contribution < 1.29 is 19.0 Å². The third-order valence-electron chi connectivity index (χ3n) is 5.05. The molecule has 0 aliphatic carbocycles. The number of ether oxygens (including phenoxy) is 3. The Labute approximate surface area is 148 Å². The average molecular weight is 349 g/mol. The van der Waals surface area contributed by atoms with Crippen LogP contribution in [0.4, 0.5) is 0 Å². The number of carbonyl (C=O) groups excluding carboxylic acids is 1. The van der Waals surface area contributed by atoms with E-state index in [2.05, 4.69) is 10.2 Å². The van der Waals surface area contributed by atoms with Crippen molar-refractivity contribution in [3.8, 4) is 17.2 Å². The van der Waals surface area contributed by atoms with Crippen LogP contribution in [0.3, 0.4) is 0 Å². The number of methoxy groups -OCH3 is 3. The number of hydrogen-bond acceptors (Lipinski definition) is 6. The Balaban J connectivity index is 1.77. The molecule has 2 fully saturated rings. The maximum absolute atomic E-state index is 13.0. The van der Waals surface area contributed by atoms with Gasteiger partial charge in [0.25, 0.3) is 5.91 Å². The van der Waals surface area contributed by atoms with Gasteiger partial charge in [-0.05, 0) is 18.6 Å². The van der Waals surface area contributed by atoms with Gasteiger partial charge in [0.2, 0.25) is 5.75 Å². The minimum atomic E-state index is -0.0181. The van der Waals surface area contributed by atoms with Crippen molar-refractivity contribution in [2.75, 3.05) is 60.6 Å². The van der Waals surface area contributed by atoms with Crippen LogP contribution in [-0.4, -0.2) is 82.3 Å². The Morgan fingerprint density at radius 1 is 1.04 bits per heavy atom. The second kappa shape index (κ2) is 7.93. The summed E-state index contributed by atoms with van der Waals surface area (Å²) in [5.41, 5.74) is 0.515. The number of nitrogens with one attached hydrogen (secondary N) is 1. The molecule has 0 radical (unpaired) electrons. The summed E-state index contributed by atoms with van der Waals surface area (Å²) in [6.07, 6.45) is 1.02. The van der Waals surface area contributed by atoms with Crippen molar-refractivity contribution in [2.45, 2.75) is 12.5 Å². The van der Waals surface area contributed by atoms with Gasteiger partial charge in [0.05, 0.1) is 26.9 Å². The lowest BCUT2D eigenvalue weighted by atomic mass is 10.1. The first-order chi connectivity index (χ1) is 12.2. The molecule has 1 N–H and O–H groups in total. The summed E-state index contributed by atoms with van der Waals surface area (Å²) in [7, 11) is 4.66. The van der Waals surface area contributed by atoms with Crippen LogP contribution in [0.25, 0.3) is 0 Å². The first-order valence-electron chi connectivity index (χ1n) is 8.72. The molecule has 2 aliphatic rings. The van der Waals surface area contributed by atoms with E-state index >= 15 is 0 Å². The number of hydrogen-bond donors (Lipinski definition) is 1. The fourth-order valence-electron chi connectivity index (χ4n) is 3.71. The Hall–Kier alpha value is -1.99. The Morgan fingerprint density at radius 3 is 2.40 bits per heavy atom. The van der Waals surface area contributed by atoms with Gasteiger partial charge in [-0.25, -0.2) is 0 Å². The van der Waals surface area contributed by atoms with Crippen LogP contribution in [0, 0.1) is 0 Å². The molecular formula is C18H27N3O4. The zero-order valence-electron chi connectivity index (χ0n) is 15.2. The Kier molecular flexibility index (Phi) is 5.65. The number of rotatable bonds is 5. The first kappa shape index (κ1) is 17.8. The normalized spacial score (nSPS) is 21.2. The molecule has 0 aromatic heterocycles. The fourth-order valence-corrected chi connectivity index (χ4v) is 3.71. The molecule has 1 atom stereocenters. The second-order valence-electron chi connectivity index (χ2n) is 6.36. The largest absolute Gasteiger partial charge is 0.493 e. The minimum Gasteiger partial charge on any atom is -0.493 e. The number of nitrogens with zero attached hydrogens (tertiary/aromatic N) is 2. The van der Waals surface area contributed by atoms with Gasteiger partial charge in [0.15, 0.2) is 11.5 Å². The highest BCUT2D eigenvalue weighted by atomic mass is 16.5. The SMILES string of the molecule is COc1ccc(C(=O)N2CCC(N3CCNCC3)C2)c(OC)c1OC. The van der Waals surface area contributed by atoms with Crippen molar-refractivity contribution in [1.29, 1.82) is 0 Å². The van der Waals surface area contributed by atoms with Gasteiger partial charge in [-0.2, -0.15) is 0 Å². The standard InChI is InChI=1S/C18H27N3O4/c1-23-15-5-4-14(16(24-2)17(15)25-3)18(22)21-9-6-13(12-21)20-10-7-19-8-11-20/h4-5,13,19H,6-12H2,1-3H3. The molecule has 1 aromatic carbocycles. The van der Waals surface area contributed by atoms with Crippen LogP contribution in [0.15, 0.2) is 12.1 Å². The molecule has 1 aromatic rings. The summed E-state index contributed by atoms with van der Waals surface area (Å²) >= 11 is 0. The molecule has 2 aliphatic heterocycles. The van der Waals surface area contributed by atoms with E-state index in [4.69, 9.17) is 14.2 Å². The van der Waals surface area contributed by atoms with Gasteiger partial charge in [-0.15, -0.1) is 0 Å². The van der Waals surface area contributed by atoms with Crippen molar-refractivity contribution in [3.63, 3.8) is 0 Å². The fraction of sp³-hybridized carbons (Fsp3) is 0.611. The van der Waals surface area contributed by atoms with E-state index in [0.29, 0.717) is 28.9 Å². The number of amides is 1. The van der Waals surface area contributed by atoms with Crippen LogP contribution in [0.5, 0.6) is 17.2 Å². The van der Waals surface area contributed by atoms with Gasteiger partial charge in [-0.1, -0.05) is 0 Å². The van der Waals surface area contributed by atoms with E-state index in [1.807, 2.05) is 4.90 Å². The third kappa shape index (κ3) is 3.52. The topological polar surface area (TPSA) is 63.3 Å². The second-order valence-corrected chi connectivity index (χ2v) is 6.36. The molecular weight excluding hydrogens is 322 g/mol. The highest BCUT2D eigenvalue weighted by molar-refractivity contribution is 5.98. The van der Waals surface area contributed by atoms with Crippen molar-refractivity contribution in [1.82, 2.24) is 15.1 Å². The van der Waals surface area contributed by atoms with Gasteiger partial charge in [0.1, 0.15) is 0 Å². The van der Waals surface area contributed by atoms with E-state index in [0.717, 1.165) is 45.7 Å². The first-order valence-corrected chi connectivity index (χ1v) is 8.72. The highest BCUT2D eigenvalue weighted by Gasteiger charge is 2.33. The molecule has 2 saturated heterocycles. The highest BCUT2D eigenvalue weighted by Crippen LogP contribution is 2.40. The molecule has 2 heterocycles. The average Bonchev–Trinajstić information content (AvgIpc) is 3.17. The summed E-state index contributed by atoms with van der Waals surface area (Å²) in [5.74, 6) is 1.41. The van der Waals surface area contributed by atoms with Gasteiger partial charge >= 0.3 is 0 Å². The molecule has 0 saturated carbocycles. The van der Waals surface area contributed by atoms with Gasteiger partial charge < -0.3 is 24.4 Å². The third-order valence-corrected chi connectivity index (χ3v) is 5.05. The van der Waals surface area contributed by atoms with Gasteiger partial charge in [-0.3, -0.25) is 9.69 Å². The van der Waals surface area contributed by atoms with E-state index in [1.54, 1.807) is 33.5 Å². The maximum atomic E-state index is 13.0. The summed E-state index contributed by atoms with van der Waals surface area (Å²) in [6.45, 7) is 5.67. The zero-order chi connectivity index (χ0) is 17.8. The van der Waals surface area contributed by atoms with Crippen molar-refractivity contribution in [2.24, 2.45) is 0 Å². The molecule has 1 amide bonds. The minimum absolute atomic E-state index is 0.0181. The zero-order valence-corrected chi connectivity index (χ0v) is 15.2. The lowest BCUT2D eigenvalue weighted by Gasteiger charge is -2.32. The number of piperazine rings is 1. The van der Waals surface area contributed by atoms with E-state index in [1.165, 1.54) is 0 Å². The van der Waals surface area contributed by atoms with Crippen molar-refractivity contribution >= 4 is 5.91 Å². The van der Waals surface area contributed by atoms with Crippen LogP contribution < -0.4 is 19.5 Å². The molecule has 138 valence electrons. The lowest BCUT2D eigenvalue weighted by molar-refractivity contribution is 0.0769. The smallest absolute Gasteiger partial charge is 0.257 e. The number of likely N-dealkylation sites (tertiary alicyclic amines) is 1. The molecule has 25 heavy (non-hydrogen) atoms. The molecule has 0 spiro atoms. The number of carbonyl (C=O) groups is 1. The van der Waals surface area contributed by atoms with E-state index in [-0.39, 0.29) is 5.91 Å². The van der Waals surface area contributed by atoms with Gasteiger partial charge in [0, 0.05) is 45.3 Å². The van der Waals surface area contributed by atoms with E-state index < -0.39 is 0 Å². The molecule has 1 unspecified atom stereocenters. The monoisotopic (exact) mass is 349 g/mol. The molecule has 3 rings (SSSR count). The number of benzene rings is 1. The molecule has 7 nitrogen and oxygen atoms in total. The quantitative estimate of drug-likeness (QED) is 0.850. The lowest BCUT2D eigenvalue weighted by Crippen LogP contribution is -2.49. The van der Waals surface area contributed by atoms with Crippen molar-refractivity contribution in [3.05, 3.63) is 17.7 Å².